The molecule has 2 N–H and O–H groups in total. The largest absolute Gasteiger partial charge is 0.495 e. The summed E-state index contributed by atoms with van der Waals surface area (Å²) in [6.45, 7) is 1.78. The molecule has 5 nitrogen and oxygen atoms in total. The third-order valence-corrected chi connectivity index (χ3v) is 3.75. The van der Waals surface area contributed by atoms with Gasteiger partial charge >= 0.3 is 0 Å². The molecule has 0 saturated heterocycles. The molecule has 0 aliphatic rings. The molecular formula is C18H15ClF2N4O. The molecule has 134 valence electrons. The van der Waals surface area contributed by atoms with Crippen molar-refractivity contribution < 1.29 is 13.5 Å². The molecule has 0 radical (unpaired) electrons. The van der Waals surface area contributed by atoms with Gasteiger partial charge in [0, 0.05) is 23.5 Å². The minimum atomic E-state index is -0.730. The van der Waals surface area contributed by atoms with Crippen LogP contribution in [-0.2, 0) is 0 Å². The van der Waals surface area contributed by atoms with Gasteiger partial charge in [-0.2, -0.15) is 4.98 Å². The van der Waals surface area contributed by atoms with E-state index in [1.54, 1.807) is 31.2 Å². The number of methoxy groups -OCH3 is 1. The van der Waals surface area contributed by atoms with Crippen LogP contribution in [-0.4, -0.2) is 17.1 Å². The summed E-state index contributed by atoms with van der Waals surface area (Å²) in [6.07, 6.45) is 0. The lowest BCUT2D eigenvalue weighted by Crippen LogP contribution is -2.03. The number of nitrogens with one attached hydrogen (secondary N) is 2. The second-order valence-corrected chi connectivity index (χ2v) is 5.85. The zero-order valence-electron chi connectivity index (χ0n) is 14.0. The van der Waals surface area contributed by atoms with Gasteiger partial charge in [-0.1, -0.05) is 11.6 Å². The molecule has 3 rings (SSSR count). The SMILES string of the molecule is COc1ccc(Nc2cc(C)nc(Nc3ccc(F)cc3F)n2)cc1Cl. The fraction of sp³-hybridized carbons (Fsp3) is 0.111. The first-order valence-electron chi connectivity index (χ1n) is 7.63. The van der Waals surface area contributed by atoms with Gasteiger partial charge in [0.1, 0.15) is 23.2 Å². The molecule has 0 fully saturated rings. The van der Waals surface area contributed by atoms with Gasteiger partial charge in [0.25, 0.3) is 0 Å². The number of anilines is 4. The second-order valence-electron chi connectivity index (χ2n) is 5.44. The summed E-state index contributed by atoms with van der Waals surface area (Å²) in [5.74, 6) is -0.157. The Morgan fingerprint density at radius 2 is 1.81 bits per heavy atom. The van der Waals surface area contributed by atoms with Gasteiger partial charge in [0.15, 0.2) is 0 Å². The van der Waals surface area contributed by atoms with Crippen LogP contribution in [0.4, 0.5) is 31.9 Å². The zero-order valence-corrected chi connectivity index (χ0v) is 14.7. The van der Waals surface area contributed by atoms with Crippen LogP contribution in [0.3, 0.4) is 0 Å². The lowest BCUT2D eigenvalue weighted by atomic mass is 10.3. The maximum atomic E-state index is 13.8. The van der Waals surface area contributed by atoms with E-state index in [0.29, 0.717) is 28.0 Å². The van der Waals surface area contributed by atoms with Crippen LogP contribution in [0, 0.1) is 18.6 Å². The number of rotatable bonds is 5. The summed E-state index contributed by atoms with van der Waals surface area (Å²) in [5, 5.41) is 6.30. The molecular weight excluding hydrogens is 362 g/mol. The van der Waals surface area contributed by atoms with Crippen molar-refractivity contribution in [2.24, 2.45) is 0 Å². The fourth-order valence-corrected chi connectivity index (χ4v) is 2.55. The van der Waals surface area contributed by atoms with Crippen LogP contribution in [0.25, 0.3) is 0 Å². The normalized spacial score (nSPS) is 10.5. The Bertz CT molecular complexity index is 952. The van der Waals surface area contributed by atoms with Gasteiger partial charge in [0.05, 0.1) is 17.8 Å². The van der Waals surface area contributed by atoms with E-state index in [-0.39, 0.29) is 11.6 Å². The first kappa shape index (κ1) is 17.9. The Morgan fingerprint density at radius 3 is 2.50 bits per heavy atom. The fourth-order valence-electron chi connectivity index (χ4n) is 2.29. The monoisotopic (exact) mass is 376 g/mol. The predicted molar refractivity (Wildman–Crippen MR) is 97.7 cm³/mol. The molecule has 0 spiro atoms. The molecule has 8 heteroatoms. The van der Waals surface area contributed by atoms with Crippen molar-refractivity contribution in [3.8, 4) is 5.75 Å². The van der Waals surface area contributed by atoms with Gasteiger partial charge in [-0.25, -0.2) is 13.8 Å². The van der Waals surface area contributed by atoms with Crippen LogP contribution in [0.5, 0.6) is 5.75 Å². The third kappa shape index (κ3) is 4.18. The van der Waals surface area contributed by atoms with Crippen molar-refractivity contribution in [1.82, 2.24) is 9.97 Å². The molecule has 0 unspecified atom stereocenters. The summed E-state index contributed by atoms with van der Waals surface area (Å²) in [5.41, 5.74) is 1.44. The van der Waals surface area contributed by atoms with Crippen molar-refractivity contribution in [1.29, 1.82) is 0 Å². The number of benzene rings is 2. The highest BCUT2D eigenvalue weighted by molar-refractivity contribution is 6.32. The molecule has 2 aromatic carbocycles. The Labute approximate surface area is 154 Å². The van der Waals surface area contributed by atoms with E-state index in [1.807, 2.05) is 0 Å². The van der Waals surface area contributed by atoms with E-state index in [2.05, 4.69) is 20.6 Å². The molecule has 1 heterocycles. The summed E-state index contributed by atoms with van der Waals surface area (Å²) < 4.78 is 31.9. The minimum Gasteiger partial charge on any atom is -0.495 e. The summed E-state index contributed by atoms with van der Waals surface area (Å²) in [4.78, 5) is 8.50. The second kappa shape index (κ2) is 7.53. The predicted octanol–water partition coefficient (Wildman–Crippen LogP) is 5.21. The lowest BCUT2D eigenvalue weighted by Gasteiger charge is -2.11. The number of ether oxygens (including phenoxy) is 1. The van der Waals surface area contributed by atoms with Crippen LogP contribution in [0.15, 0.2) is 42.5 Å². The molecule has 0 aliphatic carbocycles. The molecule has 3 aromatic rings. The highest BCUT2D eigenvalue weighted by Gasteiger charge is 2.09. The summed E-state index contributed by atoms with van der Waals surface area (Å²) >= 11 is 6.11. The van der Waals surface area contributed by atoms with Crippen molar-refractivity contribution in [3.05, 3.63) is 64.8 Å². The van der Waals surface area contributed by atoms with E-state index in [9.17, 15) is 8.78 Å². The van der Waals surface area contributed by atoms with Gasteiger partial charge < -0.3 is 15.4 Å². The summed E-state index contributed by atoms with van der Waals surface area (Å²) in [7, 11) is 1.54. The number of halogens is 3. The third-order valence-electron chi connectivity index (χ3n) is 3.46. The van der Waals surface area contributed by atoms with Gasteiger partial charge in [-0.3, -0.25) is 0 Å². The quantitative estimate of drug-likeness (QED) is 0.640. The van der Waals surface area contributed by atoms with Gasteiger partial charge in [-0.15, -0.1) is 0 Å². The van der Waals surface area contributed by atoms with E-state index in [0.717, 1.165) is 12.1 Å². The number of nitrogens with zero attached hydrogens (tertiary/aromatic N) is 2. The molecule has 1 aromatic heterocycles. The van der Waals surface area contributed by atoms with Crippen LogP contribution in [0.2, 0.25) is 5.02 Å². The van der Waals surface area contributed by atoms with Crippen molar-refractivity contribution >= 4 is 34.7 Å². The number of aromatic nitrogens is 2. The van der Waals surface area contributed by atoms with E-state index in [4.69, 9.17) is 16.3 Å². The van der Waals surface area contributed by atoms with Crippen LogP contribution < -0.4 is 15.4 Å². The molecule has 0 bridgehead atoms. The standard InChI is InChI=1S/C18H15ClF2N4O/c1-10-7-17(23-12-4-6-16(26-2)13(19)9-12)25-18(22-10)24-15-5-3-11(20)8-14(15)21/h3-9H,1-2H3,(H2,22,23,24,25). The average molecular weight is 377 g/mol. The molecule has 26 heavy (non-hydrogen) atoms. The van der Waals surface area contributed by atoms with Gasteiger partial charge in [0.2, 0.25) is 5.95 Å². The van der Waals surface area contributed by atoms with E-state index < -0.39 is 11.6 Å². The van der Waals surface area contributed by atoms with Crippen molar-refractivity contribution in [3.63, 3.8) is 0 Å². The summed E-state index contributed by atoms with van der Waals surface area (Å²) in [6, 6.07) is 10.2. The van der Waals surface area contributed by atoms with E-state index in [1.165, 1.54) is 13.2 Å². The number of hydrogen-bond donors (Lipinski definition) is 2. The Balaban J connectivity index is 1.84. The zero-order chi connectivity index (χ0) is 18.7. The Morgan fingerprint density at radius 1 is 1.00 bits per heavy atom. The first-order valence-corrected chi connectivity index (χ1v) is 8.01. The molecule has 0 amide bonds. The number of hydrogen-bond acceptors (Lipinski definition) is 5. The highest BCUT2D eigenvalue weighted by Crippen LogP contribution is 2.29. The smallest absolute Gasteiger partial charge is 0.229 e. The number of aryl methyl sites for hydroxylation is 1. The molecule has 0 atom stereocenters. The highest BCUT2D eigenvalue weighted by atomic mass is 35.5. The maximum Gasteiger partial charge on any atom is 0.229 e. The van der Waals surface area contributed by atoms with Crippen molar-refractivity contribution in [2.75, 3.05) is 17.7 Å². The van der Waals surface area contributed by atoms with Crippen LogP contribution in [0.1, 0.15) is 5.69 Å². The lowest BCUT2D eigenvalue weighted by molar-refractivity contribution is 0.415. The molecule has 0 saturated carbocycles. The maximum absolute atomic E-state index is 13.8. The topological polar surface area (TPSA) is 59.1 Å². The molecule has 0 aliphatic heterocycles. The first-order chi connectivity index (χ1) is 12.4. The van der Waals surface area contributed by atoms with Crippen LogP contribution >= 0.6 is 11.6 Å². The average Bonchev–Trinajstić information content (AvgIpc) is 2.57. The minimum absolute atomic E-state index is 0.0791. The van der Waals surface area contributed by atoms with Gasteiger partial charge in [-0.05, 0) is 37.3 Å². The Kier molecular flexibility index (Phi) is 5.18. The van der Waals surface area contributed by atoms with Crippen molar-refractivity contribution in [2.45, 2.75) is 6.92 Å². The Hall–Kier alpha value is -2.93. The van der Waals surface area contributed by atoms with E-state index >= 15 is 0 Å².